The van der Waals surface area contributed by atoms with E-state index in [2.05, 4.69) is 6.07 Å². The van der Waals surface area contributed by atoms with Gasteiger partial charge in [-0.3, -0.25) is 4.79 Å². The first kappa shape index (κ1) is 24.0. The smallest absolute Gasteiger partial charge is 0.314 e. The molecule has 0 radical (unpaired) electrons. The molecule has 33 heavy (non-hydrogen) atoms. The van der Waals surface area contributed by atoms with Gasteiger partial charge in [0, 0.05) is 4.90 Å². The van der Waals surface area contributed by atoms with E-state index >= 15 is 0 Å². The molecule has 5 nitrogen and oxygen atoms in total. The van der Waals surface area contributed by atoms with Crippen LogP contribution in [0.15, 0.2) is 47.4 Å². The van der Waals surface area contributed by atoms with Gasteiger partial charge < -0.3 is 19.7 Å². The number of halogens is 1. The molecule has 0 amide bonds. The van der Waals surface area contributed by atoms with E-state index in [1.54, 1.807) is 23.9 Å². The molecule has 0 aliphatic heterocycles. The zero-order valence-electron chi connectivity index (χ0n) is 18.9. The van der Waals surface area contributed by atoms with Crippen LogP contribution >= 0.6 is 11.8 Å². The first-order chi connectivity index (χ1) is 15.9. The van der Waals surface area contributed by atoms with Gasteiger partial charge in [-0.1, -0.05) is 12.1 Å². The van der Waals surface area contributed by atoms with Crippen LogP contribution in [0.3, 0.4) is 0 Å². The summed E-state index contributed by atoms with van der Waals surface area (Å²) in [5, 5.41) is 19.4. The maximum Gasteiger partial charge on any atom is 0.314 e. The molecule has 2 fully saturated rings. The quantitative estimate of drug-likeness (QED) is 0.465. The fraction of sp³-hybridized carbons (Fsp3) is 0.500. The van der Waals surface area contributed by atoms with Crippen LogP contribution < -0.4 is 4.74 Å². The number of carboxylic acids is 1. The Morgan fingerprint density at radius 2 is 1.79 bits per heavy atom. The Morgan fingerprint density at radius 1 is 1.09 bits per heavy atom. The van der Waals surface area contributed by atoms with Crippen molar-refractivity contribution in [3.8, 4) is 5.75 Å². The second kappa shape index (κ2) is 10.0. The lowest BCUT2D eigenvalue weighted by Gasteiger charge is -2.45. The number of thioether (sulfide) groups is 1. The first-order valence-electron chi connectivity index (χ1n) is 11.5. The minimum Gasteiger partial charge on any atom is -0.491 e. The molecule has 2 aliphatic carbocycles. The number of hydrogen-bond donors (Lipinski definition) is 2. The van der Waals surface area contributed by atoms with E-state index < -0.39 is 17.0 Å². The average Bonchev–Trinajstić information content (AvgIpc) is 3.66. The largest absolute Gasteiger partial charge is 0.491 e. The summed E-state index contributed by atoms with van der Waals surface area (Å²) < 4.78 is 25.8. The standard InChI is InChI=1S/C26H31FO5S/c1-33-23-15-20(14-22(16-23)31-13-12-28)26(32-17-18-2-3-18)10-8-25(9-11-26,24(29)30)19-4-6-21(27)7-5-19/h4-7,14-16,18,28H,2-3,8-13,17H2,1H3,(H,29,30)/t25-,26-. The van der Waals surface area contributed by atoms with Crippen molar-refractivity contribution in [3.05, 3.63) is 59.4 Å². The molecule has 2 aliphatic rings. The molecular formula is C26H31FO5S. The summed E-state index contributed by atoms with van der Waals surface area (Å²) in [5.74, 6) is -0.0101. The van der Waals surface area contributed by atoms with E-state index in [0.717, 1.165) is 10.5 Å². The SMILES string of the molecule is CSc1cc(OCCO)cc([C@]2(OCC3CC3)CC[C@@](C(=O)O)(c3ccc(F)cc3)CC2)c1. The van der Waals surface area contributed by atoms with Gasteiger partial charge in [-0.2, -0.15) is 0 Å². The maximum atomic E-state index is 13.5. The minimum atomic E-state index is -1.06. The zero-order valence-corrected chi connectivity index (χ0v) is 19.7. The van der Waals surface area contributed by atoms with Crippen LogP contribution in [0.25, 0.3) is 0 Å². The number of carboxylic acid groups (broad SMARTS) is 1. The van der Waals surface area contributed by atoms with E-state index in [4.69, 9.17) is 9.47 Å². The zero-order chi connectivity index (χ0) is 23.5. The number of aliphatic carboxylic acids is 1. The van der Waals surface area contributed by atoms with E-state index in [0.29, 0.717) is 49.5 Å². The summed E-state index contributed by atoms with van der Waals surface area (Å²) >= 11 is 1.61. The normalized spacial score (nSPS) is 25.1. The Hall–Kier alpha value is -2.09. The second-order valence-corrected chi connectivity index (χ2v) is 9.99. The lowest BCUT2D eigenvalue weighted by Crippen LogP contribution is -2.46. The Bertz CT molecular complexity index is 965. The number of benzene rings is 2. The average molecular weight is 475 g/mol. The number of rotatable bonds is 10. The molecule has 0 bridgehead atoms. The van der Waals surface area contributed by atoms with Gasteiger partial charge in [0.2, 0.25) is 0 Å². The highest BCUT2D eigenvalue weighted by Crippen LogP contribution is 2.51. The molecule has 0 saturated heterocycles. The topological polar surface area (TPSA) is 76.0 Å². The highest BCUT2D eigenvalue weighted by molar-refractivity contribution is 7.98. The third kappa shape index (κ3) is 5.20. The Morgan fingerprint density at radius 3 is 2.36 bits per heavy atom. The van der Waals surface area contributed by atoms with Crippen LogP contribution in [0.1, 0.15) is 49.7 Å². The van der Waals surface area contributed by atoms with Crippen molar-refractivity contribution in [2.45, 2.75) is 54.4 Å². The van der Waals surface area contributed by atoms with E-state index in [9.17, 15) is 19.4 Å². The molecule has 2 saturated carbocycles. The van der Waals surface area contributed by atoms with Crippen LogP contribution in [-0.2, 0) is 20.5 Å². The summed E-state index contributed by atoms with van der Waals surface area (Å²) in [5.41, 5.74) is -0.0453. The molecule has 0 heterocycles. The molecule has 2 aromatic carbocycles. The monoisotopic (exact) mass is 474 g/mol. The van der Waals surface area contributed by atoms with E-state index in [1.807, 2.05) is 18.4 Å². The summed E-state index contributed by atoms with van der Waals surface area (Å²) in [4.78, 5) is 13.5. The van der Waals surface area contributed by atoms with Crippen molar-refractivity contribution in [1.29, 1.82) is 0 Å². The molecule has 0 atom stereocenters. The van der Waals surface area contributed by atoms with Gasteiger partial charge in [-0.05, 0) is 92.2 Å². The second-order valence-electron chi connectivity index (χ2n) is 9.11. The first-order valence-corrected chi connectivity index (χ1v) is 12.7. The molecule has 2 N–H and O–H groups in total. The minimum absolute atomic E-state index is 0.0685. The van der Waals surface area contributed by atoms with Gasteiger partial charge in [-0.25, -0.2) is 4.39 Å². The predicted octanol–water partition coefficient (Wildman–Crippen LogP) is 5.14. The molecule has 0 unspecified atom stereocenters. The van der Waals surface area contributed by atoms with Crippen LogP contribution in [0.2, 0.25) is 0 Å². The van der Waals surface area contributed by atoms with E-state index in [1.165, 1.54) is 25.0 Å². The Kier molecular flexibility index (Phi) is 7.31. The van der Waals surface area contributed by atoms with Crippen LogP contribution in [0.5, 0.6) is 5.75 Å². The highest BCUT2D eigenvalue weighted by Gasteiger charge is 2.50. The van der Waals surface area contributed by atoms with Gasteiger partial charge in [0.15, 0.2) is 0 Å². The van der Waals surface area contributed by atoms with E-state index in [-0.39, 0.29) is 19.0 Å². The van der Waals surface area contributed by atoms with Crippen LogP contribution in [0, 0.1) is 11.7 Å². The number of carbonyl (C=O) groups is 1. The molecule has 7 heteroatoms. The summed E-state index contributed by atoms with van der Waals surface area (Å²) in [6.07, 6.45) is 6.21. The van der Waals surface area contributed by atoms with Crippen molar-refractivity contribution in [1.82, 2.24) is 0 Å². The molecule has 0 aromatic heterocycles. The number of ether oxygens (including phenoxy) is 2. The highest BCUT2D eigenvalue weighted by atomic mass is 32.2. The predicted molar refractivity (Wildman–Crippen MR) is 125 cm³/mol. The van der Waals surface area contributed by atoms with Gasteiger partial charge >= 0.3 is 5.97 Å². The Labute approximate surface area is 198 Å². The number of hydrogen-bond acceptors (Lipinski definition) is 5. The van der Waals surface area contributed by atoms with Gasteiger partial charge in [0.05, 0.1) is 24.2 Å². The molecule has 4 rings (SSSR count). The molecular weight excluding hydrogens is 443 g/mol. The number of aliphatic hydroxyl groups is 1. The Balaban J connectivity index is 1.67. The fourth-order valence-electron chi connectivity index (χ4n) is 4.75. The summed E-state index contributed by atoms with van der Waals surface area (Å²) in [6, 6.07) is 11.9. The van der Waals surface area contributed by atoms with Crippen LogP contribution in [-0.4, -0.2) is 42.3 Å². The van der Waals surface area contributed by atoms with Crippen molar-refractivity contribution in [3.63, 3.8) is 0 Å². The van der Waals surface area contributed by atoms with Crippen molar-refractivity contribution < 1.29 is 28.9 Å². The summed E-state index contributed by atoms with van der Waals surface area (Å²) in [7, 11) is 0. The van der Waals surface area contributed by atoms with Gasteiger partial charge in [0.25, 0.3) is 0 Å². The molecule has 2 aromatic rings. The fourth-order valence-corrected chi connectivity index (χ4v) is 5.23. The van der Waals surface area contributed by atoms with Gasteiger partial charge in [-0.15, -0.1) is 11.8 Å². The third-order valence-electron chi connectivity index (χ3n) is 7.01. The summed E-state index contributed by atoms with van der Waals surface area (Å²) in [6.45, 7) is 0.799. The van der Waals surface area contributed by atoms with Crippen molar-refractivity contribution in [2.75, 3.05) is 26.1 Å². The van der Waals surface area contributed by atoms with Crippen LogP contribution in [0.4, 0.5) is 4.39 Å². The lowest BCUT2D eigenvalue weighted by atomic mass is 9.63. The number of aliphatic hydroxyl groups excluding tert-OH is 1. The molecule has 0 spiro atoms. The lowest BCUT2D eigenvalue weighted by molar-refractivity contribution is -0.151. The molecule has 178 valence electrons. The van der Waals surface area contributed by atoms with Gasteiger partial charge in [0.1, 0.15) is 18.2 Å². The maximum absolute atomic E-state index is 13.5. The van der Waals surface area contributed by atoms with Crippen molar-refractivity contribution >= 4 is 17.7 Å². The van der Waals surface area contributed by atoms with Crippen molar-refractivity contribution in [2.24, 2.45) is 5.92 Å². The third-order valence-corrected chi connectivity index (χ3v) is 7.72.